The van der Waals surface area contributed by atoms with E-state index in [2.05, 4.69) is 50.4 Å². The molecule has 0 spiro atoms. The first-order valence-corrected chi connectivity index (χ1v) is 8.03. The van der Waals surface area contributed by atoms with Crippen LogP contribution in [0.4, 0.5) is 0 Å². The van der Waals surface area contributed by atoms with Gasteiger partial charge in [0, 0.05) is 18.7 Å². The molecule has 0 fully saturated rings. The number of hydrogen-bond acceptors (Lipinski definition) is 2. The van der Waals surface area contributed by atoms with Crippen LogP contribution < -0.4 is 10.9 Å². The van der Waals surface area contributed by atoms with Crippen molar-refractivity contribution in [1.82, 2.24) is 9.88 Å². The monoisotopic (exact) mass is 298 g/mol. The second-order valence-electron chi connectivity index (χ2n) is 5.88. The van der Waals surface area contributed by atoms with E-state index in [0.717, 1.165) is 36.2 Å². The highest BCUT2D eigenvalue weighted by molar-refractivity contribution is 5.61. The van der Waals surface area contributed by atoms with Crippen molar-refractivity contribution in [3.05, 3.63) is 57.4 Å². The second kappa shape index (κ2) is 7.41. The number of unbranched alkanes of at least 4 members (excludes halogenated alkanes) is 1. The zero-order chi connectivity index (χ0) is 16.1. The number of nitrogens with one attached hydrogen (secondary N) is 1. The summed E-state index contributed by atoms with van der Waals surface area (Å²) in [5.74, 6) is 0. The van der Waals surface area contributed by atoms with Gasteiger partial charge in [0.05, 0.1) is 5.69 Å². The van der Waals surface area contributed by atoms with E-state index in [4.69, 9.17) is 0 Å². The summed E-state index contributed by atoms with van der Waals surface area (Å²) in [6.07, 6.45) is 2.09. The largest absolute Gasteiger partial charge is 0.315 e. The Labute approximate surface area is 133 Å². The molecular formula is C19H26N2O. The summed E-state index contributed by atoms with van der Waals surface area (Å²) in [6, 6.07) is 10.4. The van der Waals surface area contributed by atoms with Crippen LogP contribution in [0.5, 0.6) is 0 Å². The molecule has 0 amide bonds. The van der Waals surface area contributed by atoms with E-state index in [1.165, 1.54) is 11.1 Å². The molecule has 0 saturated heterocycles. The van der Waals surface area contributed by atoms with Crippen LogP contribution >= 0.6 is 0 Å². The van der Waals surface area contributed by atoms with Crippen molar-refractivity contribution < 1.29 is 0 Å². The fraction of sp³-hybridized carbons (Fsp3) is 0.421. The first-order chi connectivity index (χ1) is 10.6. The second-order valence-corrected chi connectivity index (χ2v) is 5.88. The highest BCUT2D eigenvalue weighted by atomic mass is 16.1. The van der Waals surface area contributed by atoms with Gasteiger partial charge in [-0.05, 0) is 56.1 Å². The van der Waals surface area contributed by atoms with Gasteiger partial charge < -0.3 is 9.88 Å². The number of hydrogen-bond donors (Lipinski definition) is 1. The maximum Gasteiger partial charge on any atom is 0.255 e. The average Bonchev–Trinajstić information content (AvgIpc) is 2.51. The van der Waals surface area contributed by atoms with Crippen molar-refractivity contribution in [3.8, 4) is 11.3 Å². The van der Waals surface area contributed by atoms with Crippen molar-refractivity contribution in [1.29, 1.82) is 0 Å². The molecule has 0 aliphatic carbocycles. The lowest BCUT2D eigenvalue weighted by Gasteiger charge is -2.15. The third-order valence-electron chi connectivity index (χ3n) is 4.16. The molecule has 0 aliphatic rings. The summed E-state index contributed by atoms with van der Waals surface area (Å²) in [7, 11) is 1.87. The van der Waals surface area contributed by atoms with Crippen molar-refractivity contribution in [3.63, 3.8) is 0 Å². The standard InChI is InChI=1S/C19H26N2O/c1-5-6-11-21-18(10-9-17(13-20-4)19(21)22)16-8-7-14(2)15(3)12-16/h7-10,12,20H,5-6,11,13H2,1-4H3. The lowest BCUT2D eigenvalue weighted by molar-refractivity contribution is 0.610. The predicted molar refractivity (Wildman–Crippen MR) is 93.3 cm³/mol. The number of aromatic nitrogens is 1. The summed E-state index contributed by atoms with van der Waals surface area (Å²) in [5.41, 5.74) is 5.61. The van der Waals surface area contributed by atoms with Crippen molar-refractivity contribution >= 4 is 0 Å². The third-order valence-corrected chi connectivity index (χ3v) is 4.16. The molecule has 22 heavy (non-hydrogen) atoms. The SMILES string of the molecule is CCCCn1c(-c2ccc(C)c(C)c2)ccc(CNC)c1=O. The Kier molecular flexibility index (Phi) is 5.56. The van der Waals surface area contributed by atoms with E-state index >= 15 is 0 Å². The van der Waals surface area contributed by atoms with E-state index < -0.39 is 0 Å². The quantitative estimate of drug-likeness (QED) is 0.883. The van der Waals surface area contributed by atoms with E-state index in [0.29, 0.717) is 6.54 Å². The molecule has 0 saturated carbocycles. The minimum absolute atomic E-state index is 0.124. The zero-order valence-electron chi connectivity index (χ0n) is 14.1. The van der Waals surface area contributed by atoms with Crippen molar-refractivity contribution in [2.45, 2.75) is 46.7 Å². The lowest BCUT2D eigenvalue weighted by Crippen LogP contribution is -2.27. The lowest BCUT2D eigenvalue weighted by atomic mass is 10.0. The van der Waals surface area contributed by atoms with Gasteiger partial charge in [0.2, 0.25) is 0 Å². The summed E-state index contributed by atoms with van der Waals surface area (Å²) in [5, 5.41) is 3.07. The Morgan fingerprint density at radius 3 is 2.50 bits per heavy atom. The predicted octanol–water partition coefficient (Wildman–Crippen LogP) is 3.65. The van der Waals surface area contributed by atoms with E-state index in [-0.39, 0.29) is 5.56 Å². The molecule has 3 nitrogen and oxygen atoms in total. The molecule has 0 aliphatic heterocycles. The summed E-state index contributed by atoms with van der Waals surface area (Å²) < 4.78 is 1.93. The van der Waals surface area contributed by atoms with Gasteiger partial charge in [-0.1, -0.05) is 31.5 Å². The Balaban J connectivity index is 2.56. The Bertz CT molecular complexity index is 701. The average molecular weight is 298 g/mol. The molecule has 118 valence electrons. The van der Waals surface area contributed by atoms with Crippen LogP contribution in [-0.4, -0.2) is 11.6 Å². The minimum atomic E-state index is 0.124. The Hall–Kier alpha value is -1.87. The summed E-state index contributed by atoms with van der Waals surface area (Å²) >= 11 is 0. The molecule has 0 bridgehead atoms. The minimum Gasteiger partial charge on any atom is -0.315 e. The summed E-state index contributed by atoms with van der Waals surface area (Å²) in [6.45, 7) is 7.76. The molecule has 0 radical (unpaired) electrons. The number of nitrogens with zero attached hydrogens (tertiary/aromatic N) is 1. The molecule has 1 N–H and O–H groups in total. The molecule has 2 rings (SSSR count). The van der Waals surface area contributed by atoms with Gasteiger partial charge >= 0.3 is 0 Å². The molecule has 3 heteroatoms. The number of aryl methyl sites for hydroxylation is 2. The van der Waals surface area contributed by atoms with Crippen LogP contribution in [0.2, 0.25) is 0 Å². The molecular weight excluding hydrogens is 272 g/mol. The summed E-state index contributed by atoms with van der Waals surface area (Å²) in [4.78, 5) is 12.7. The maximum atomic E-state index is 12.7. The van der Waals surface area contributed by atoms with Gasteiger partial charge in [-0.15, -0.1) is 0 Å². The van der Waals surface area contributed by atoms with E-state index in [1.807, 2.05) is 17.7 Å². The maximum absolute atomic E-state index is 12.7. The van der Waals surface area contributed by atoms with Crippen LogP contribution in [0.25, 0.3) is 11.3 Å². The van der Waals surface area contributed by atoms with Gasteiger partial charge in [-0.25, -0.2) is 0 Å². The Morgan fingerprint density at radius 2 is 1.86 bits per heavy atom. The third kappa shape index (κ3) is 3.47. The fourth-order valence-electron chi connectivity index (χ4n) is 2.64. The van der Waals surface area contributed by atoms with Gasteiger partial charge in [-0.2, -0.15) is 0 Å². The van der Waals surface area contributed by atoms with Crippen molar-refractivity contribution in [2.75, 3.05) is 7.05 Å². The van der Waals surface area contributed by atoms with Crippen molar-refractivity contribution in [2.24, 2.45) is 0 Å². The molecule has 2 aromatic rings. The van der Waals surface area contributed by atoms with Gasteiger partial charge in [0.25, 0.3) is 5.56 Å². The normalized spacial score (nSPS) is 10.9. The van der Waals surface area contributed by atoms with E-state index in [9.17, 15) is 4.79 Å². The zero-order valence-corrected chi connectivity index (χ0v) is 14.1. The first kappa shape index (κ1) is 16.5. The fourth-order valence-corrected chi connectivity index (χ4v) is 2.64. The first-order valence-electron chi connectivity index (χ1n) is 8.03. The molecule has 1 heterocycles. The van der Waals surface area contributed by atoms with Crippen LogP contribution in [-0.2, 0) is 13.1 Å². The van der Waals surface area contributed by atoms with Crippen LogP contribution in [0.15, 0.2) is 35.1 Å². The highest BCUT2D eigenvalue weighted by Crippen LogP contribution is 2.22. The Morgan fingerprint density at radius 1 is 1.09 bits per heavy atom. The van der Waals surface area contributed by atoms with E-state index in [1.54, 1.807) is 0 Å². The number of rotatable bonds is 6. The van der Waals surface area contributed by atoms with Crippen LogP contribution in [0.1, 0.15) is 36.5 Å². The van der Waals surface area contributed by atoms with Crippen LogP contribution in [0, 0.1) is 13.8 Å². The molecule has 1 aromatic heterocycles. The number of benzene rings is 1. The van der Waals surface area contributed by atoms with Crippen LogP contribution in [0.3, 0.4) is 0 Å². The molecule has 0 unspecified atom stereocenters. The van der Waals surface area contributed by atoms with Gasteiger partial charge in [-0.3, -0.25) is 4.79 Å². The number of pyridine rings is 1. The highest BCUT2D eigenvalue weighted by Gasteiger charge is 2.10. The van der Waals surface area contributed by atoms with Gasteiger partial charge in [0.15, 0.2) is 0 Å². The topological polar surface area (TPSA) is 34.0 Å². The molecule has 1 aromatic carbocycles. The van der Waals surface area contributed by atoms with Gasteiger partial charge in [0.1, 0.15) is 0 Å². The smallest absolute Gasteiger partial charge is 0.255 e. The molecule has 0 atom stereocenters.